The Morgan fingerprint density at radius 3 is 2.56 bits per heavy atom. The van der Waals surface area contributed by atoms with Crippen molar-refractivity contribution in [1.29, 1.82) is 0 Å². The van der Waals surface area contributed by atoms with Crippen molar-refractivity contribution in [3.8, 4) is 0 Å². The summed E-state index contributed by atoms with van der Waals surface area (Å²) in [4.78, 5) is 11.8. The Balaban J connectivity index is 2.02. The molecule has 92 valence electrons. The summed E-state index contributed by atoms with van der Waals surface area (Å²) in [6.45, 7) is 0.296. The van der Waals surface area contributed by atoms with Gasteiger partial charge in [0.15, 0.2) is 0 Å². The van der Waals surface area contributed by atoms with Gasteiger partial charge in [0.25, 0.3) is 5.91 Å². The lowest BCUT2D eigenvalue weighted by Crippen LogP contribution is -2.22. The van der Waals surface area contributed by atoms with Crippen molar-refractivity contribution < 1.29 is 9.18 Å². The molecule has 0 aliphatic heterocycles. The van der Waals surface area contributed by atoms with Gasteiger partial charge in [-0.25, -0.2) is 4.39 Å². The van der Waals surface area contributed by atoms with E-state index < -0.39 is 0 Å². The predicted molar refractivity (Wildman–Crippen MR) is 71.7 cm³/mol. The van der Waals surface area contributed by atoms with Crippen LogP contribution in [-0.4, -0.2) is 5.91 Å². The number of benzene rings is 2. The third-order valence-electron chi connectivity index (χ3n) is 2.41. The molecule has 4 heteroatoms. The first-order valence-corrected chi connectivity index (χ1v) is 6.22. The van der Waals surface area contributed by atoms with E-state index in [0.29, 0.717) is 22.1 Å². The Hall–Kier alpha value is -1.68. The Morgan fingerprint density at radius 1 is 1.17 bits per heavy atom. The maximum atomic E-state index is 13.1. The monoisotopic (exact) mass is 307 g/mol. The lowest BCUT2D eigenvalue weighted by Gasteiger charge is -2.06. The average Bonchev–Trinajstić information content (AvgIpc) is 2.36. The molecule has 2 aromatic carbocycles. The normalized spacial score (nSPS) is 10.1. The molecule has 0 fully saturated rings. The number of hydrogen-bond acceptors (Lipinski definition) is 1. The summed E-state index contributed by atoms with van der Waals surface area (Å²) in [5.74, 6) is -0.496. The van der Waals surface area contributed by atoms with E-state index in [0.717, 1.165) is 0 Å². The quantitative estimate of drug-likeness (QED) is 0.923. The molecular weight excluding hydrogens is 297 g/mol. The fraction of sp³-hybridized carbons (Fsp3) is 0.0714. The Bertz CT molecular complexity index is 537. The van der Waals surface area contributed by atoms with Crippen molar-refractivity contribution in [2.75, 3.05) is 0 Å². The Morgan fingerprint density at radius 2 is 1.89 bits per heavy atom. The van der Waals surface area contributed by atoms with E-state index in [1.165, 1.54) is 12.1 Å². The van der Waals surface area contributed by atoms with Crippen LogP contribution in [0.5, 0.6) is 0 Å². The zero-order valence-corrected chi connectivity index (χ0v) is 11.1. The zero-order chi connectivity index (χ0) is 13.0. The van der Waals surface area contributed by atoms with Gasteiger partial charge in [-0.3, -0.25) is 4.79 Å². The molecule has 0 aliphatic rings. The maximum absolute atomic E-state index is 13.1. The largest absolute Gasteiger partial charge is 0.348 e. The molecule has 2 nitrogen and oxygen atoms in total. The summed E-state index contributed by atoms with van der Waals surface area (Å²) in [6, 6.07) is 13.5. The third kappa shape index (κ3) is 3.40. The molecule has 0 spiro atoms. The lowest BCUT2D eigenvalue weighted by molar-refractivity contribution is 0.0951. The van der Waals surface area contributed by atoms with Crippen LogP contribution < -0.4 is 5.32 Å². The van der Waals surface area contributed by atoms with Crippen LogP contribution in [0.15, 0.2) is 53.0 Å². The second-order valence-electron chi connectivity index (χ2n) is 3.83. The zero-order valence-electron chi connectivity index (χ0n) is 9.49. The van der Waals surface area contributed by atoms with Crippen molar-refractivity contribution in [2.24, 2.45) is 0 Å². The standard InChI is InChI=1S/C14H11BrFNO/c15-12-6-10(7-13(16)8-12)9-17-14(18)11-4-2-1-3-5-11/h1-8H,9H2,(H,17,18). The minimum absolute atomic E-state index is 0.170. The van der Waals surface area contributed by atoms with Crippen LogP contribution in [0.1, 0.15) is 15.9 Å². The van der Waals surface area contributed by atoms with E-state index in [2.05, 4.69) is 21.2 Å². The van der Waals surface area contributed by atoms with Crippen LogP contribution >= 0.6 is 15.9 Å². The number of carbonyl (C=O) groups excluding carboxylic acids is 1. The summed E-state index contributed by atoms with van der Waals surface area (Å²) in [6.07, 6.45) is 0. The van der Waals surface area contributed by atoms with Crippen molar-refractivity contribution in [1.82, 2.24) is 5.32 Å². The summed E-state index contributed by atoms with van der Waals surface area (Å²) in [5, 5.41) is 2.74. The van der Waals surface area contributed by atoms with E-state index in [-0.39, 0.29) is 11.7 Å². The molecule has 2 aromatic rings. The molecule has 0 saturated heterocycles. The molecule has 1 amide bonds. The van der Waals surface area contributed by atoms with Crippen LogP contribution in [0.2, 0.25) is 0 Å². The molecule has 18 heavy (non-hydrogen) atoms. The molecule has 0 aromatic heterocycles. The summed E-state index contributed by atoms with van der Waals surface area (Å²) in [7, 11) is 0. The fourth-order valence-electron chi connectivity index (χ4n) is 1.59. The highest BCUT2D eigenvalue weighted by molar-refractivity contribution is 9.10. The molecule has 0 heterocycles. The van der Waals surface area contributed by atoms with E-state index in [4.69, 9.17) is 0 Å². The van der Waals surface area contributed by atoms with Crippen LogP contribution in [-0.2, 0) is 6.54 Å². The van der Waals surface area contributed by atoms with Crippen LogP contribution in [0.3, 0.4) is 0 Å². The van der Waals surface area contributed by atoms with Gasteiger partial charge in [0, 0.05) is 16.6 Å². The summed E-state index contributed by atoms with van der Waals surface area (Å²) < 4.78 is 13.8. The molecular formula is C14H11BrFNO. The highest BCUT2D eigenvalue weighted by Gasteiger charge is 2.05. The van der Waals surface area contributed by atoms with Gasteiger partial charge in [-0.05, 0) is 35.9 Å². The minimum atomic E-state index is -0.326. The van der Waals surface area contributed by atoms with Gasteiger partial charge >= 0.3 is 0 Å². The van der Waals surface area contributed by atoms with Crippen molar-refractivity contribution in [3.63, 3.8) is 0 Å². The number of amides is 1. The molecule has 0 bridgehead atoms. The fourth-order valence-corrected chi connectivity index (χ4v) is 2.10. The van der Waals surface area contributed by atoms with Gasteiger partial charge in [-0.1, -0.05) is 34.1 Å². The summed E-state index contributed by atoms with van der Waals surface area (Å²) >= 11 is 3.21. The van der Waals surface area contributed by atoms with Crippen LogP contribution in [0.25, 0.3) is 0 Å². The van der Waals surface area contributed by atoms with Gasteiger partial charge in [0.1, 0.15) is 5.82 Å². The lowest BCUT2D eigenvalue weighted by atomic mass is 10.2. The van der Waals surface area contributed by atoms with Crippen molar-refractivity contribution in [3.05, 3.63) is 69.9 Å². The highest BCUT2D eigenvalue weighted by atomic mass is 79.9. The van der Waals surface area contributed by atoms with Gasteiger partial charge in [0.2, 0.25) is 0 Å². The van der Waals surface area contributed by atoms with Crippen LogP contribution in [0, 0.1) is 5.82 Å². The van der Waals surface area contributed by atoms with E-state index >= 15 is 0 Å². The molecule has 0 saturated carbocycles. The summed E-state index contributed by atoms with van der Waals surface area (Å²) in [5.41, 5.74) is 1.30. The topological polar surface area (TPSA) is 29.1 Å². The minimum Gasteiger partial charge on any atom is -0.348 e. The molecule has 0 atom stereocenters. The first-order valence-electron chi connectivity index (χ1n) is 5.43. The van der Waals surface area contributed by atoms with Gasteiger partial charge in [0.05, 0.1) is 0 Å². The van der Waals surface area contributed by atoms with Gasteiger partial charge < -0.3 is 5.32 Å². The second kappa shape index (κ2) is 5.78. The second-order valence-corrected chi connectivity index (χ2v) is 4.74. The third-order valence-corrected chi connectivity index (χ3v) is 2.87. The molecule has 1 N–H and O–H groups in total. The number of halogens is 2. The number of carbonyl (C=O) groups is 1. The highest BCUT2D eigenvalue weighted by Crippen LogP contribution is 2.14. The molecule has 0 radical (unpaired) electrons. The van der Waals surface area contributed by atoms with E-state index in [1.54, 1.807) is 30.3 Å². The number of hydrogen-bond donors (Lipinski definition) is 1. The maximum Gasteiger partial charge on any atom is 0.251 e. The van der Waals surface area contributed by atoms with Crippen LogP contribution in [0.4, 0.5) is 4.39 Å². The van der Waals surface area contributed by atoms with E-state index in [1.807, 2.05) is 6.07 Å². The van der Waals surface area contributed by atoms with Gasteiger partial charge in [-0.15, -0.1) is 0 Å². The number of rotatable bonds is 3. The van der Waals surface area contributed by atoms with E-state index in [9.17, 15) is 9.18 Å². The molecule has 0 unspecified atom stereocenters. The van der Waals surface area contributed by atoms with Gasteiger partial charge in [-0.2, -0.15) is 0 Å². The van der Waals surface area contributed by atoms with Crippen molar-refractivity contribution >= 4 is 21.8 Å². The smallest absolute Gasteiger partial charge is 0.251 e. The SMILES string of the molecule is O=C(NCc1cc(F)cc(Br)c1)c1ccccc1. The van der Waals surface area contributed by atoms with Crippen molar-refractivity contribution in [2.45, 2.75) is 6.54 Å². The predicted octanol–water partition coefficient (Wildman–Crippen LogP) is 3.52. The Labute approximate surface area is 113 Å². The molecule has 2 rings (SSSR count). The first kappa shape index (κ1) is 12.8. The average molecular weight is 308 g/mol. The Kier molecular flexibility index (Phi) is 4.10. The molecule has 0 aliphatic carbocycles. The first-order chi connectivity index (χ1) is 8.65. The number of nitrogens with one attached hydrogen (secondary N) is 1.